The van der Waals surface area contributed by atoms with E-state index in [9.17, 15) is 0 Å². The van der Waals surface area contributed by atoms with Gasteiger partial charge >= 0.3 is 0 Å². The largest absolute Gasteiger partial charge is 0.309 e. The normalized spacial score (nSPS) is 12.2. The number of nitrogens with zero attached hydrogens (tertiary/aromatic N) is 4. The Kier molecular flexibility index (Phi) is 7.19. The molecule has 0 unspecified atom stereocenters. The van der Waals surface area contributed by atoms with E-state index in [0.29, 0.717) is 0 Å². The smallest absolute Gasteiger partial charge is 0.165 e. The molecule has 0 spiro atoms. The van der Waals surface area contributed by atoms with Gasteiger partial charge < -0.3 is 4.57 Å². The number of hydrogen-bond donors (Lipinski definition) is 0. The average Bonchev–Trinajstić information content (AvgIpc) is 3.85. The molecule has 66 heavy (non-hydrogen) atoms. The van der Waals surface area contributed by atoms with Crippen LogP contribution < -0.4 is 0 Å². The van der Waals surface area contributed by atoms with Crippen LogP contribution in [0.1, 0.15) is 0 Å². The molecule has 0 saturated carbocycles. The maximum Gasteiger partial charge on any atom is 0.165 e. The first-order valence-electron chi connectivity index (χ1n) is 22.7. The summed E-state index contributed by atoms with van der Waals surface area (Å²) in [5, 5.41) is 12.1. The Morgan fingerprint density at radius 1 is 0.318 bits per heavy atom. The molecule has 3 heterocycles. The van der Waals surface area contributed by atoms with E-state index in [-0.39, 0.29) is 0 Å². The minimum atomic E-state index is 0.802. The van der Waals surface area contributed by atoms with Gasteiger partial charge in [0.05, 0.1) is 33.1 Å². The summed E-state index contributed by atoms with van der Waals surface area (Å²) >= 11 is 0. The van der Waals surface area contributed by atoms with Gasteiger partial charge in [0.1, 0.15) is 5.69 Å². The van der Waals surface area contributed by atoms with Crippen LogP contribution in [-0.2, 0) is 0 Å². The molecule has 0 aliphatic heterocycles. The number of benzene rings is 11. The zero-order chi connectivity index (χ0) is 43.0. The lowest BCUT2D eigenvalue weighted by Crippen LogP contribution is -2.04. The number of rotatable bonds is 4. The summed E-state index contributed by atoms with van der Waals surface area (Å²) in [6, 6.07) is 79.6. The Hall–Kier alpha value is -8.86. The third-order valence-corrected chi connectivity index (χ3v) is 14.2. The monoisotopic (exact) mass is 836 g/mol. The Morgan fingerprint density at radius 2 is 0.970 bits per heavy atom. The summed E-state index contributed by atoms with van der Waals surface area (Å²) in [7, 11) is 0. The van der Waals surface area contributed by atoms with Crippen LogP contribution >= 0.6 is 0 Å². The molecule has 3 aromatic heterocycles. The summed E-state index contributed by atoms with van der Waals surface area (Å²) in [6.45, 7) is 0. The molecule has 4 heteroatoms. The zero-order valence-electron chi connectivity index (χ0n) is 35.6. The van der Waals surface area contributed by atoms with Crippen molar-refractivity contribution in [2.24, 2.45) is 0 Å². The van der Waals surface area contributed by atoms with Crippen LogP contribution in [0.3, 0.4) is 0 Å². The van der Waals surface area contributed by atoms with Crippen molar-refractivity contribution in [2.45, 2.75) is 0 Å². The maximum atomic E-state index is 5.83. The number of hydrogen-bond acceptors (Lipinski definition) is 2. The molecule has 15 rings (SSSR count). The lowest BCUT2D eigenvalue weighted by molar-refractivity contribution is 1.08. The van der Waals surface area contributed by atoms with Crippen molar-refractivity contribution < 1.29 is 0 Å². The molecule has 1 aliphatic rings. The molecular formula is C62H36N4. The fourth-order valence-electron chi connectivity index (χ4n) is 11.3. The third kappa shape index (κ3) is 4.87. The van der Waals surface area contributed by atoms with Crippen molar-refractivity contribution in [1.29, 1.82) is 0 Å². The van der Waals surface area contributed by atoms with Crippen molar-refractivity contribution in [1.82, 2.24) is 19.1 Å². The zero-order valence-corrected chi connectivity index (χ0v) is 35.6. The standard InChI is InChI=1S/C62H36N4/c1-2-17-44(18-3-1)65-51-24-11-10-22-49(51)56-53(65)36-54-59-57(56)48-21-9-8-20-46(48)47-23-12-16-40-32-34-52(58(59)55(40)47)66(54)62-60(63-50-33-31-39-14-6-7-19-45(39)61(50)64-62)41-28-25-38(26-29-41)43-30-27-37-13-4-5-15-42(37)35-43/h1-36H. The summed E-state index contributed by atoms with van der Waals surface area (Å²) in [4.78, 5) is 11.5. The highest BCUT2D eigenvalue weighted by atomic mass is 15.1. The fraction of sp³-hybridized carbons (Fsp3) is 0. The summed E-state index contributed by atoms with van der Waals surface area (Å²) in [6.07, 6.45) is 0. The van der Waals surface area contributed by atoms with Gasteiger partial charge in [-0.3, -0.25) is 4.57 Å². The number of para-hydroxylation sites is 2. The number of aromatic nitrogens is 4. The minimum absolute atomic E-state index is 0.802. The van der Waals surface area contributed by atoms with E-state index < -0.39 is 0 Å². The second-order valence-corrected chi connectivity index (χ2v) is 17.7. The van der Waals surface area contributed by atoms with Crippen LogP contribution in [0.15, 0.2) is 218 Å². The summed E-state index contributed by atoms with van der Waals surface area (Å²) in [5.74, 6) is 0.802. The van der Waals surface area contributed by atoms with Gasteiger partial charge in [-0.2, -0.15) is 0 Å². The Bertz CT molecular complexity index is 4380. The van der Waals surface area contributed by atoms with E-state index in [1.54, 1.807) is 0 Å². The fourth-order valence-corrected chi connectivity index (χ4v) is 11.3. The van der Waals surface area contributed by atoms with E-state index >= 15 is 0 Å². The van der Waals surface area contributed by atoms with Crippen LogP contribution in [0.4, 0.5) is 0 Å². The summed E-state index contributed by atoms with van der Waals surface area (Å²) < 4.78 is 4.89. The second kappa shape index (κ2) is 13.3. The molecule has 0 fully saturated rings. The van der Waals surface area contributed by atoms with Crippen LogP contribution in [0.25, 0.3) is 143 Å². The van der Waals surface area contributed by atoms with Crippen molar-refractivity contribution in [2.75, 3.05) is 0 Å². The van der Waals surface area contributed by atoms with E-state index in [1.165, 1.54) is 76.4 Å². The molecule has 304 valence electrons. The van der Waals surface area contributed by atoms with Crippen LogP contribution in [-0.4, -0.2) is 19.1 Å². The van der Waals surface area contributed by atoms with Crippen LogP contribution in [0.5, 0.6) is 0 Å². The van der Waals surface area contributed by atoms with E-state index in [2.05, 4.69) is 228 Å². The molecule has 14 aromatic rings. The molecular weight excluding hydrogens is 801 g/mol. The lowest BCUT2D eigenvalue weighted by atomic mass is 9.91. The first-order valence-corrected chi connectivity index (χ1v) is 22.7. The van der Waals surface area contributed by atoms with E-state index in [0.717, 1.165) is 66.7 Å². The highest BCUT2D eigenvalue weighted by Gasteiger charge is 2.30. The highest BCUT2D eigenvalue weighted by molar-refractivity contribution is 6.36. The highest BCUT2D eigenvalue weighted by Crippen LogP contribution is 2.54. The maximum absolute atomic E-state index is 5.83. The molecule has 11 aromatic carbocycles. The van der Waals surface area contributed by atoms with E-state index in [4.69, 9.17) is 9.97 Å². The average molecular weight is 837 g/mol. The third-order valence-electron chi connectivity index (χ3n) is 14.2. The van der Waals surface area contributed by atoms with Gasteiger partial charge in [0.15, 0.2) is 5.82 Å². The van der Waals surface area contributed by atoms with Crippen molar-refractivity contribution in [3.63, 3.8) is 0 Å². The molecule has 0 atom stereocenters. The lowest BCUT2D eigenvalue weighted by Gasteiger charge is -2.17. The van der Waals surface area contributed by atoms with Gasteiger partial charge in [-0.15, -0.1) is 0 Å². The molecule has 0 saturated heterocycles. The molecule has 0 amide bonds. The predicted molar refractivity (Wildman–Crippen MR) is 276 cm³/mol. The van der Waals surface area contributed by atoms with Crippen LogP contribution in [0, 0.1) is 0 Å². The Labute approximate surface area is 378 Å². The first kappa shape index (κ1) is 35.6. The molecule has 0 bridgehead atoms. The number of fused-ring (bicyclic) bond motifs is 11. The van der Waals surface area contributed by atoms with Gasteiger partial charge in [-0.25, -0.2) is 9.97 Å². The van der Waals surface area contributed by atoms with Crippen molar-refractivity contribution in [3.8, 4) is 56.1 Å². The van der Waals surface area contributed by atoms with Gasteiger partial charge in [-0.05, 0) is 97.2 Å². The predicted octanol–water partition coefficient (Wildman–Crippen LogP) is 16.3. The summed E-state index contributed by atoms with van der Waals surface area (Å²) in [5.41, 5.74) is 16.5. The van der Waals surface area contributed by atoms with Crippen molar-refractivity contribution >= 4 is 87.0 Å². The second-order valence-electron chi connectivity index (χ2n) is 17.7. The topological polar surface area (TPSA) is 35.6 Å². The molecule has 1 aliphatic carbocycles. The first-order chi connectivity index (χ1) is 32.7. The van der Waals surface area contributed by atoms with Crippen molar-refractivity contribution in [3.05, 3.63) is 218 Å². The quantitative estimate of drug-likeness (QED) is 0.166. The van der Waals surface area contributed by atoms with Gasteiger partial charge in [0, 0.05) is 43.7 Å². The van der Waals surface area contributed by atoms with Gasteiger partial charge in [0.25, 0.3) is 0 Å². The molecule has 4 nitrogen and oxygen atoms in total. The van der Waals surface area contributed by atoms with Crippen LogP contribution in [0.2, 0.25) is 0 Å². The Morgan fingerprint density at radius 3 is 1.85 bits per heavy atom. The van der Waals surface area contributed by atoms with Gasteiger partial charge in [-0.1, -0.05) is 176 Å². The minimum Gasteiger partial charge on any atom is -0.309 e. The molecule has 0 N–H and O–H groups in total. The van der Waals surface area contributed by atoms with E-state index in [1.807, 2.05) is 0 Å². The SMILES string of the molecule is c1ccc(-n2c3ccccc3c3c4c5c6c7c(cccc7ccc6n(-c6nc7c(ccc8ccccc87)nc6-c6ccc(-c7ccc8ccccc8c7)cc6)c5cc32)-c2ccccc2-4)cc1. The Balaban J connectivity index is 1.12. The molecule has 0 radical (unpaired) electrons. The van der Waals surface area contributed by atoms with Gasteiger partial charge in [0.2, 0.25) is 0 Å².